The van der Waals surface area contributed by atoms with E-state index in [0.717, 1.165) is 10.7 Å². The van der Waals surface area contributed by atoms with Crippen molar-refractivity contribution in [2.45, 2.75) is 13.5 Å². The molecule has 0 unspecified atom stereocenters. The number of H-pyrrole nitrogens is 1. The summed E-state index contributed by atoms with van der Waals surface area (Å²) in [5.41, 5.74) is 0.793. The van der Waals surface area contributed by atoms with Gasteiger partial charge in [0.25, 0.3) is 5.56 Å². The minimum atomic E-state index is -0.165. The Balaban J connectivity index is 2.02. The van der Waals surface area contributed by atoms with Crippen LogP contribution in [0.4, 0.5) is 5.82 Å². The number of hydrogen-bond acceptors (Lipinski definition) is 5. The quantitative estimate of drug-likeness (QED) is 0.817. The number of rotatable bonds is 3. The van der Waals surface area contributed by atoms with Gasteiger partial charge in [-0.05, 0) is 6.92 Å². The molecule has 2 aromatic rings. The molecule has 0 radical (unpaired) electrons. The lowest BCUT2D eigenvalue weighted by Gasteiger charge is -2.01. The number of aromatic amines is 1. The fourth-order valence-corrected chi connectivity index (χ4v) is 1.75. The molecule has 0 bridgehead atoms. The van der Waals surface area contributed by atoms with Crippen molar-refractivity contribution >= 4 is 17.2 Å². The minimum Gasteiger partial charge on any atom is -0.364 e. The van der Waals surface area contributed by atoms with Crippen LogP contribution in [0.1, 0.15) is 10.7 Å². The molecule has 2 N–H and O–H groups in total. The van der Waals surface area contributed by atoms with E-state index in [1.807, 2.05) is 12.3 Å². The lowest BCUT2D eigenvalue weighted by atomic mass is 10.4. The Kier molecular flexibility index (Phi) is 2.77. The number of aryl methyl sites for hydroxylation is 1. The second kappa shape index (κ2) is 4.22. The Morgan fingerprint density at radius 2 is 2.47 bits per heavy atom. The molecule has 2 heterocycles. The molecule has 0 atom stereocenters. The molecule has 0 aliphatic carbocycles. The molecule has 5 nitrogen and oxygen atoms in total. The molecule has 78 valence electrons. The molecular weight excluding hydrogens is 212 g/mol. The van der Waals surface area contributed by atoms with Gasteiger partial charge >= 0.3 is 0 Å². The summed E-state index contributed by atoms with van der Waals surface area (Å²) >= 11 is 1.60. The van der Waals surface area contributed by atoms with Crippen LogP contribution in [0.25, 0.3) is 0 Å². The van der Waals surface area contributed by atoms with Gasteiger partial charge in [-0.1, -0.05) is 0 Å². The highest BCUT2D eigenvalue weighted by Crippen LogP contribution is 2.09. The van der Waals surface area contributed by atoms with Crippen LogP contribution in [-0.2, 0) is 6.54 Å². The van der Waals surface area contributed by atoms with Crippen LogP contribution >= 0.6 is 11.3 Å². The molecule has 6 heteroatoms. The minimum absolute atomic E-state index is 0.165. The number of anilines is 1. The molecular formula is C9H10N4OS. The summed E-state index contributed by atoms with van der Waals surface area (Å²) < 4.78 is 0. The number of hydrogen-bond donors (Lipinski definition) is 2. The van der Waals surface area contributed by atoms with Gasteiger partial charge in [-0.15, -0.1) is 11.3 Å². The van der Waals surface area contributed by atoms with E-state index in [9.17, 15) is 4.79 Å². The number of nitrogens with zero attached hydrogens (tertiary/aromatic N) is 2. The molecule has 0 spiro atoms. The predicted octanol–water partition coefficient (Wildman–Crippen LogP) is 1.15. The third-order valence-corrected chi connectivity index (χ3v) is 2.62. The van der Waals surface area contributed by atoms with Crippen molar-refractivity contribution < 1.29 is 0 Å². The number of nitrogens with one attached hydrogen (secondary N) is 2. The summed E-state index contributed by atoms with van der Waals surface area (Å²) in [5, 5.41) is 6.04. The fraction of sp³-hybridized carbons (Fsp3) is 0.222. The lowest BCUT2D eigenvalue weighted by molar-refractivity contribution is 1.02. The summed E-state index contributed by atoms with van der Waals surface area (Å²) in [7, 11) is 0. The van der Waals surface area contributed by atoms with Gasteiger partial charge in [-0.25, -0.2) is 9.97 Å². The third-order valence-electron chi connectivity index (χ3n) is 1.80. The zero-order valence-electron chi connectivity index (χ0n) is 8.15. The maximum absolute atomic E-state index is 11.0. The summed E-state index contributed by atoms with van der Waals surface area (Å²) in [5.74, 6) is 0.560. The first-order valence-electron chi connectivity index (χ1n) is 4.43. The highest BCUT2D eigenvalue weighted by atomic mass is 32.1. The Bertz CT molecular complexity index is 505. The van der Waals surface area contributed by atoms with E-state index in [0.29, 0.717) is 12.4 Å². The molecule has 0 fully saturated rings. The van der Waals surface area contributed by atoms with Gasteiger partial charge in [0.15, 0.2) is 0 Å². The van der Waals surface area contributed by atoms with Crippen LogP contribution in [0, 0.1) is 6.92 Å². The zero-order valence-corrected chi connectivity index (χ0v) is 8.97. The van der Waals surface area contributed by atoms with Gasteiger partial charge in [-0.3, -0.25) is 4.79 Å². The van der Waals surface area contributed by atoms with E-state index in [-0.39, 0.29) is 5.56 Å². The number of aromatic nitrogens is 3. The largest absolute Gasteiger partial charge is 0.364 e. The second-order valence-corrected chi connectivity index (χ2v) is 4.07. The first-order valence-corrected chi connectivity index (χ1v) is 5.31. The highest BCUT2D eigenvalue weighted by Gasteiger charge is 1.99. The van der Waals surface area contributed by atoms with E-state index in [4.69, 9.17) is 0 Å². The molecule has 0 aromatic carbocycles. The zero-order chi connectivity index (χ0) is 10.7. The lowest BCUT2D eigenvalue weighted by Crippen LogP contribution is -2.09. The van der Waals surface area contributed by atoms with Gasteiger partial charge in [0.2, 0.25) is 0 Å². The normalized spacial score (nSPS) is 10.2. The van der Waals surface area contributed by atoms with Crippen LogP contribution in [0.15, 0.2) is 22.6 Å². The van der Waals surface area contributed by atoms with E-state index < -0.39 is 0 Å². The van der Waals surface area contributed by atoms with Crippen molar-refractivity contribution in [2.24, 2.45) is 0 Å². The molecule has 15 heavy (non-hydrogen) atoms. The van der Waals surface area contributed by atoms with Crippen molar-refractivity contribution in [2.75, 3.05) is 5.32 Å². The van der Waals surface area contributed by atoms with Gasteiger partial charge in [0.1, 0.15) is 5.82 Å². The monoisotopic (exact) mass is 222 g/mol. The maximum Gasteiger partial charge on any atom is 0.252 e. The van der Waals surface area contributed by atoms with Crippen molar-refractivity contribution in [3.8, 4) is 0 Å². The summed E-state index contributed by atoms with van der Waals surface area (Å²) in [6.45, 7) is 2.54. The van der Waals surface area contributed by atoms with Crippen molar-refractivity contribution in [3.63, 3.8) is 0 Å². The number of thiazole rings is 1. The molecule has 0 aliphatic heterocycles. The van der Waals surface area contributed by atoms with Crippen LogP contribution in [0.5, 0.6) is 0 Å². The van der Waals surface area contributed by atoms with Crippen molar-refractivity contribution in [3.05, 3.63) is 38.8 Å². The standard InChI is InChI=1S/C9H10N4OS/c1-6-13-7(4-15-6)3-10-8-2-9(14)12-5-11-8/h2,4-5H,3H2,1H3,(H2,10,11,12,14). The Hall–Kier alpha value is -1.69. The Labute approximate surface area is 90.2 Å². The topological polar surface area (TPSA) is 70.7 Å². The average Bonchev–Trinajstić information content (AvgIpc) is 2.62. The van der Waals surface area contributed by atoms with E-state index in [1.54, 1.807) is 11.3 Å². The Morgan fingerprint density at radius 3 is 3.13 bits per heavy atom. The van der Waals surface area contributed by atoms with Crippen LogP contribution in [0.3, 0.4) is 0 Å². The van der Waals surface area contributed by atoms with E-state index in [1.165, 1.54) is 12.4 Å². The van der Waals surface area contributed by atoms with Crippen LogP contribution in [-0.4, -0.2) is 15.0 Å². The van der Waals surface area contributed by atoms with Gasteiger partial charge < -0.3 is 10.3 Å². The Morgan fingerprint density at radius 1 is 1.60 bits per heavy atom. The summed E-state index contributed by atoms with van der Waals surface area (Å²) in [4.78, 5) is 21.7. The SMILES string of the molecule is Cc1nc(CNc2cc(=O)[nH]cn2)cs1. The van der Waals surface area contributed by atoms with Crippen LogP contribution < -0.4 is 10.9 Å². The first-order chi connectivity index (χ1) is 7.24. The van der Waals surface area contributed by atoms with Crippen molar-refractivity contribution in [1.29, 1.82) is 0 Å². The first kappa shape index (κ1) is 9.85. The fourth-order valence-electron chi connectivity index (χ4n) is 1.14. The molecule has 0 saturated carbocycles. The molecule has 2 rings (SSSR count). The van der Waals surface area contributed by atoms with Gasteiger partial charge in [-0.2, -0.15) is 0 Å². The molecule has 2 aromatic heterocycles. The molecule has 0 aliphatic rings. The summed E-state index contributed by atoms with van der Waals surface area (Å²) in [6, 6.07) is 1.42. The van der Waals surface area contributed by atoms with Crippen molar-refractivity contribution in [1.82, 2.24) is 15.0 Å². The highest BCUT2D eigenvalue weighted by molar-refractivity contribution is 7.09. The van der Waals surface area contributed by atoms with Gasteiger partial charge in [0, 0.05) is 11.4 Å². The maximum atomic E-state index is 11.0. The van der Waals surface area contributed by atoms with E-state index in [2.05, 4.69) is 20.3 Å². The third kappa shape index (κ3) is 2.63. The van der Waals surface area contributed by atoms with Gasteiger partial charge in [0.05, 0.1) is 23.6 Å². The molecule has 0 amide bonds. The van der Waals surface area contributed by atoms with E-state index >= 15 is 0 Å². The molecule has 0 saturated heterocycles. The predicted molar refractivity (Wildman–Crippen MR) is 59.0 cm³/mol. The van der Waals surface area contributed by atoms with Crippen LogP contribution in [0.2, 0.25) is 0 Å². The smallest absolute Gasteiger partial charge is 0.252 e. The second-order valence-electron chi connectivity index (χ2n) is 3.01. The average molecular weight is 222 g/mol. The summed E-state index contributed by atoms with van der Waals surface area (Å²) in [6.07, 6.45) is 1.37.